The highest BCUT2D eigenvalue weighted by atomic mass is 32.1. The summed E-state index contributed by atoms with van der Waals surface area (Å²) in [4.78, 5) is 4.36. The van der Waals surface area contributed by atoms with Crippen molar-refractivity contribution in [1.82, 2.24) is 14.7 Å². The Morgan fingerprint density at radius 3 is 2.57 bits per heavy atom. The van der Waals surface area contributed by atoms with E-state index < -0.39 is 0 Å². The summed E-state index contributed by atoms with van der Waals surface area (Å²) in [5.41, 5.74) is 0.00989. The molecule has 14 heavy (non-hydrogen) atoms. The molecular weight excluding hydrogens is 198 g/mol. The molecule has 1 aromatic rings. The van der Waals surface area contributed by atoms with Gasteiger partial charge in [0.15, 0.2) is 5.82 Å². The van der Waals surface area contributed by atoms with Crippen LogP contribution in [0.1, 0.15) is 26.6 Å². The molecule has 0 saturated carbocycles. The van der Waals surface area contributed by atoms with E-state index in [1.54, 1.807) is 0 Å². The minimum absolute atomic E-state index is 0.00989. The van der Waals surface area contributed by atoms with Crippen LogP contribution >= 0.6 is 11.5 Å². The molecule has 2 heterocycles. The van der Waals surface area contributed by atoms with Crippen LogP contribution in [0.15, 0.2) is 0 Å². The van der Waals surface area contributed by atoms with Crippen molar-refractivity contribution in [3.63, 3.8) is 0 Å². The summed E-state index contributed by atoms with van der Waals surface area (Å²) in [5.74, 6) is 0.866. The van der Waals surface area contributed by atoms with E-state index in [1.165, 1.54) is 11.5 Å². The van der Waals surface area contributed by atoms with Crippen LogP contribution in [0.5, 0.6) is 5.19 Å². The number of ether oxygens (including phenoxy) is 1. The lowest BCUT2D eigenvalue weighted by molar-refractivity contribution is 0.141. The topological polar surface area (TPSA) is 47.0 Å². The number of nitrogens with zero attached hydrogens (tertiary/aromatic N) is 2. The Morgan fingerprint density at radius 2 is 2.14 bits per heavy atom. The van der Waals surface area contributed by atoms with Crippen LogP contribution in [0.2, 0.25) is 0 Å². The Balaban J connectivity index is 2.02. The van der Waals surface area contributed by atoms with Crippen molar-refractivity contribution in [2.45, 2.75) is 32.3 Å². The highest BCUT2D eigenvalue weighted by Gasteiger charge is 2.23. The molecule has 5 heteroatoms. The van der Waals surface area contributed by atoms with Gasteiger partial charge in [-0.15, -0.1) is 0 Å². The van der Waals surface area contributed by atoms with E-state index in [9.17, 15) is 0 Å². The monoisotopic (exact) mass is 213 g/mol. The quantitative estimate of drug-likeness (QED) is 0.801. The molecule has 1 aromatic heterocycles. The number of hydrogen-bond donors (Lipinski definition) is 1. The Kier molecular flexibility index (Phi) is 2.45. The molecule has 4 nitrogen and oxygen atoms in total. The second kappa shape index (κ2) is 3.47. The van der Waals surface area contributed by atoms with Crippen molar-refractivity contribution in [1.29, 1.82) is 0 Å². The van der Waals surface area contributed by atoms with Crippen molar-refractivity contribution in [3.8, 4) is 5.19 Å². The van der Waals surface area contributed by atoms with Gasteiger partial charge >= 0.3 is 0 Å². The van der Waals surface area contributed by atoms with E-state index in [0.717, 1.165) is 18.9 Å². The summed E-state index contributed by atoms with van der Waals surface area (Å²) >= 11 is 1.34. The zero-order valence-electron chi connectivity index (χ0n) is 8.70. The third-order valence-corrected chi connectivity index (χ3v) is 2.70. The maximum atomic E-state index is 5.61. The SMILES string of the molecule is CC(C)(C)c1nsc(OC2CNC2)n1. The van der Waals surface area contributed by atoms with Gasteiger partial charge in [0, 0.05) is 30.0 Å². The van der Waals surface area contributed by atoms with E-state index in [1.807, 2.05) is 0 Å². The van der Waals surface area contributed by atoms with Gasteiger partial charge in [0.25, 0.3) is 5.19 Å². The molecular formula is C9H15N3OS. The maximum absolute atomic E-state index is 5.61. The van der Waals surface area contributed by atoms with Crippen LogP contribution in [0.4, 0.5) is 0 Å². The van der Waals surface area contributed by atoms with E-state index in [0.29, 0.717) is 5.19 Å². The van der Waals surface area contributed by atoms with Gasteiger partial charge in [-0.1, -0.05) is 20.8 Å². The summed E-state index contributed by atoms with van der Waals surface area (Å²) < 4.78 is 9.89. The molecule has 2 rings (SSSR count). The predicted octanol–water partition coefficient (Wildman–Crippen LogP) is 1.19. The number of aromatic nitrogens is 2. The lowest BCUT2D eigenvalue weighted by Gasteiger charge is -2.26. The van der Waals surface area contributed by atoms with Crippen molar-refractivity contribution >= 4 is 11.5 Å². The molecule has 1 aliphatic heterocycles. The van der Waals surface area contributed by atoms with Crippen LogP contribution in [0, 0.1) is 0 Å². The van der Waals surface area contributed by atoms with E-state index in [-0.39, 0.29) is 11.5 Å². The Hall–Kier alpha value is -0.680. The first-order valence-electron chi connectivity index (χ1n) is 4.77. The normalized spacial score (nSPS) is 17.9. The number of rotatable bonds is 2. The predicted molar refractivity (Wildman–Crippen MR) is 55.9 cm³/mol. The Bertz CT molecular complexity index is 314. The maximum Gasteiger partial charge on any atom is 0.293 e. The average molecular weight is 213 g/mol. The first kappa shape index (κ1) is 9.86. The fraction of sp³-hybridized carbons (Fsp3) is 0.778. The molecule has 0 aliphatic carbocycles. The number of hydrogen-bond acceptors (Lipinski definition) is 5. The second-order valence-corrected chi connectivity index (χ2v) is 5.25. The fourth-order valence-electron chi connectivity index (χ4n) is 1.05. The van der Waals surface area contributed by atoms with Gasteiger partial charge in [0.1, 0.15) is 6.10 Å². The molecule has 0 bridgehead atoms. The minimum Gasteiger partial charge on any atom is -0.463 e. The van der Waals surface area contributed by atoms with Crippen molar-refractivity contribution in [2.24, 2.45) is 0 Å². The first-order chi connectivity index (χ1) is 6.55. The van der Waals surface area contributed by atoms with E-state index in [2.05, 4.69) is 35.4 Å². The summed E-state index contributed by atoms with van der Waals surface area (Å²) in [7, 11) is 0. The molecule has 0 amide bonds. The Morgan fingerprint density at radius 1 is 1.43 bits per heavy atom. The molecule has 0 aromatic carbocycles. The fourth-order valence-corrected chi connectivity index (χ4v) is 1.84. The standard InChI is InChI=1S/C9H15N3OS/c1-9(2,3)7-11-8(14-12-7)13-6-4-10-5-6/h6,10H,4-5H2,1-3H3. The van der Waals surface area contributed by atoms with E-state index >= 15 is 0 Å². The van der Waals surface area contributed by atoms with Gasteiger partial charge in [-0.2, -0.15) is 9.36 Å². The summed E-state index contributed by atoms with van der Waals surface area (Å²) in [6.07, 6.45) is 0.288. The third-order valence-electron chi connectivity index (χ3n) is 2.09. The molecule has 1 aliphatic rings. The highest BCUT2D eigenvalue weighted by molar-refractivity contribution is 7.07. The van der Waals surface area contributed by atoms with Crippen LogP contribution < -0.4 is 10.1 Å². The lowest BCUT2D eigenvalue weighted by atomic mass is 9.96. The molecule has 78 valence electrons. The molecule has 0 radical (unpaired) electrons. The largest absolute Gasteiger partial charge is 0.463 e. The van der Waals surface area contributed by atoms with Gasteiger partial charge in [0.05, 0.1) is 0 Å². The van der Waals surface area contributed by atoms with Crippen molar-refractivity contribution in [2.75, 3.05) is 13.1 Å². The van der Waals surface area contributed by atoms with Gasteiger partial charge < -0.3 is 10.1 Å². The lowest BCUT2D eigenvalue weighted by Crippen LogP contribution is -2.50. The third kappa shape index (κ3) is 2.04. The molecule has 1 N–H and O–H groups in total. The summed E-state index contributed by atoms with van der Waals surface area (Å²) in [6.45, 7) is 8.14. The zero-order chi connectivity index (χ0) is 10.2. The summed E-state index contributed by atoms with van der Waals surface area (Å²) in [6, 6.07) is 0. The van der Waals surface area contributed by atoms with Crippen molar-refractivity contribution < 1.29 is 4.74 Å². The Labute approximate surface area is 87.9 Å². The van der Waals surface area contributed by atoms with Gasteiger partial charge in [-0.3, -0.25) is 0 Å². The van der Waals surface area contributed by atoms with Crippen molar-refractivity contribution in [3.05, 3.63) is 5.82 Å². The van der Waals surface area contributed by atoms with Crippen LogP contribution in [-0.2, 0) is 5.41 Å². The van der Waals surface area contributed by atoms with Crippen LogP contribution in [0.3, 0.4) is 0 Å². The number of nitrogens with one attached hydrogen (secondary N) is 1. The molecule has 1 saturated heterocycles. The van der Waals surface area contributed by atoms with Gasteiger partial charge in [-0.25, -0.2) is 0 Å². The average Bonchev–Trinajstić information content (AvgIpc) is 2.43. The molecule has 0 spiro atoms. The second-order valence-electron chi connectivity index (χ2n) is 4.53. The molecule has 1 fully saturated rings. The van der Waals surface area contributed by atoms with Gasteiger partial charge in [0.2, 0.25) is 0 Å². The van der Waals surface area contributed by atoms with Crippen LogP contribution in [-0.4, -0.2) is 28.6 Å². The highest BCUT2D eigenvalue weighted by Crippen LogP contribution is 2.25. The molecule has 0 atom stereocenters. The first-order valence-corrected chi connectivity index (χ1v) is 5.54. The van der Waals surface area contributed by atoms with Gasteiger partial charge in [-0.05, 0) is 0 Å². The molecule has 0 unspecified atom stereocenters. The smallest absolute Gasteiger partial charge is 0.293 e. The van der Waals surface area contributed by atoms with E-state index in [4.69, 9.17) is 4.74 Å². The minimum atomic E-state index is 0.00989. The van der Waals surface area contributed by atoms with Crippen LogP contribution in [0.25, 0.3) is 0 Å². The summed E-state index contributed by atoms with van der Waals surface area (Å²) in [5, 5.41) is 3.85. The zero-order valence-corrected chi connectivity index (χ0v) is 9.52.